The van der Waals surface area contributed by atoms with Crippen molar-refractivity contribution in [2.75, 3.05) is 0 Å². The van der Waals surface area contributed by atoms with Crippen molar-refractivity contribution in [1.82, 2.24) is 20.3 Å². The first-order chi connectivity index (χ1) is 15.9. The van der Waals surface area contributed by atoms with Gasteiger partial charge in [-0.05, 0) is 0 Å². The van der Waals surface area contributed by atoms with Gasteiger partial charge in [0.1, 0.15) is 0 Å². The fourth-order valence-corrected chi connectivity index (χ4v) is 6.23. The van der Waals surface area contributed by atoms with Gasteiger partial charge in [-0.2, -0.15) is 0 Å². The second-order valence-electron chi connectivity index (χ2n) is 8.88. The summed E-state index contributed by atoms with van der Waals surface area (Å²) in [5.74, 6) is 2.72. The van der Waals surface area contributed by atoms with Gasteiger partial charge in [0.15, 0.2) is 0 Å². The van der Waals surface area contributed by atoms with E-state index in [2.05, 4.69) is 86.0 Å². The summed E-state index contributed by atoms with van der Waals surface area (Å²) in [5.41, 5.74) is 7.49. The molecule has 5 rings (SSSR count). The standard InChI is InChI=1S/C27H27N5Xe/c1-15(2)26-29-14-23(31-26)21-11-10-20(25-22(21)7-6-12-28-25)18-8-9-19-17(5)30-27(16(3)4)32-33-24(19)13-18/h6-16H,5H2,1-4H3,(H,29,31)(H,30,32). The maximum atomic E-state index is 4.89. The SMILES string of the molecule is C=C1NC(C(C)C)=N[Xe]c2cc(-c3ccc(-c4cnc(C(C)C)[nH]4)c4cccnc34)ccc21. The Morgan fingerprint density at radius 1 is 0.909 bits per heavy atom. The third-order valence-electron chi connectivity index (χ3n) is 5.83. The van der Waals surface area contributed by atoms with Crippen molar-refractivity contribution in [3.8, 4) is 22.4 Å². The molecule has 0 unspecified atom stereocenters. The van der Waals surface area contributed by atoms with Crippen molar-refractivity contribution in [3.63, 3.8) is 0 Å². The first-order valence-corrected chi connectivity index (χ1v) is 13.1. The van der Waals surface area contributed by atoms with Crippen molar-refractivity contribution in [2.45, 2.75) is 33.6 Å². The number of pyridine rings is 1. The molecule has 33 heavy (non-hydrogen) atoms. The molecule has 0 saturated carbocycles. The van der Waals surface area contributed by atoms with Gasteiger partial charge in [0, 0.05) is 0 Å². The predicted octanol–water partition coefficient (Wildman–Crippen LogP) is 5.67. The van der Waals surface area contributed by atoms with Crippen LogP contribution in [0.3, 0.4) is 0 Å². The van der Waals surface area contributed by atoms with Crippen LogP contribution in [0.2, 0.25) is 0 Å². The molecule has 0 atom stereocenters. The van der Waals surface area contributed by atoms with Gasteiger partial charge in [0.25, 0.3) is 0 Å². The molecule has 2 aromatic carbocycles. The minimum atomic E-state index is -0.295. The molecular weight excluding hydrogens is 526 g/mol. The van der Waals surface area contributed by atoms with E-state index in [1.54, 1.807) is 0 Å². The summed E-state index contributed by atoms with van der Waals surface area (Å²) in [4.78, 5) is 12.8. The van der Waals surface area contributed by atoms with Crippen molar-refractivity contribution in [3.05, 3.63) is 72.8 Å². The quantitative estimate of drug-likeness (QED) is 0.343. The molecule has 5 nitrogen and oxygen atoms in total. The van der Waals surface area contributed by atoms with Crippen LogP contribution in [0.15, 0.2) is 61.4 Å². The molecule has 6 heteroatoms. The molecule has 168 valence electrons. The van der Waals surface area contributed by atoms with Crippen molar-refractivity contribution < 1.29 is 44.6 Å². The van der Waals surface area contributed by atoms with E-state index in [0.29, 0.717) is 11.8 Å². The molecule has 3 heterocycles. The fourth-order valence-electron chi connectivity index (χ4n) is 3.95. The normalized spacial score (nSPS) is 14.0. The van der Waals surface area contributed by atoms with Crippen LogP contribution in [0.5, 0.6) is 0 Å². The topological polar surface area (TPSA) is 66.0 Å². The first kappa shape index (κ1) is 22.6. The molecule has 0 saturated heterocycles. The molecule has 0 spiro atoms. The molecule has 0 fully saturated rings. The number of rotatable bonds is 4. The zero-order valence-corrected chi connectivity index (χ0v) is 21.3. The van der Waals surface area contributed by atoms with Crippen molar-refractivity contribution in [1.29, 1.82) is 0 Å². The maximum absolute atomic E-state index is 4.89. The molecule has 0 amide bonds. The second kappa shape index (κ2) is 9.24. The van der Waals surface area contributed by atoms with Crippen LogP contribution < -0.4 is 5.35 Å². The third kappa shape index (κ3) is 4.36. The van der Waals surface area contributed by atoms with E-state index in [0.717, 1.165) is 56.2 Å². The minimum absolute atomic E-state index is 0.295. The molecule has 2 N–H and O–H groups in total. The molecule has 4 aromatic rings. The summed E-state index contributed by atoms with van der Waals surface area (Å²) in [6.07, 6.45) is 3.79. The number of fused-ring (bicyclic) bond motifs is 2. The average Bonchev–Trinajstić information content (AvgIpc) is 3.24. The number of hydrogen-bond acceptors (Lipinski definition) is 4. The van der Waals surface area contributed by atoms with Gasteiger partial charge in [-0.25, -0.2) is 0 Å². The zero-order valence-electron chi connectivity index (χ0n) is 19.3. The number of aromatic amines is 1. The summed E-state index contributed by atoms with van der Waals surface area (Å²) >= 11 is -0.295. The Kier molecular flexibility index (Phi) is 6.33. The van der Waals surface area contributed by atoms with E-state index in [-0.39, 0.29) is 44.6 Å². The molecule has 0 radical (unpaired) electrons. The number of nitrogens with zero attached hydrogens (tertiary/aromatic N) is 3. The Morgan fingerprint density at radius 2 is 1.70 bits per heavy atom. The predicted molar refractivity (Wildman–Crippen MR) is 133 cm³/mol. The molecule has 0 bridgehead atoms. The van der Waals surface area contributed by atoms with E-state index in [9.17, 15) is 0 Å². The van der Waals surface area contributed by atoms with Gasteiger partial charge in [0.2, 0.25) is 0 Å². The Morgan fingerprint density at radius 3 is 2.45 bits per heavy atom. The van der Waals surface area contributed by atoms with Gasteiger partial charge in [0.05, 0.1) is 0 Å². The van der Waals surface area contributed by atoms with E-state index in [4.69, 9.17) is 4.99 Å². The van der Waals surface area contributed by atoms with Crippen molar-refractivity contribution >= 4 is 22.5 Å². The van der Waals surface area contributed by atoms with E-state index in [1.165, 1.54) is 0.0314 Å². The van der Waals surface area contributed by atoms with Crippen LogP contribution in [-0.4, -0.2) is 20.8 Å². The Hall–Kier alpha value is -2.16. The van der Waals surface area contributed by atoms with Gasteiger partial charge in [-0.3, -0.25) is 0 Å². The number of amidine groups is 1. The van der Waals surface area contributed by atoms with Gasteiger partial charge < -0.3 is 0 Å². The molecule has 0 aliphatic carbocycles. The Balaban J connectivity index is 1.61. The molecule has 1 aliphatic heterocycles. The second-order valence-corrected chi connectivity index (χ2v) is 10.9. The Bertz CT molecular complexity index is 1400. The summed E-state index contributed by atoms with van der Waals surface area (Å²) < 4.78 is 6.15. The molecular formula is C27H27N5Xe. The fraction of sp³-hybridized carbons (Fsp3) is 0.222. The summed E-state index contributed by atoms with van der Waals surface area (Å²) in [6, 6.07) is 15.1. The van der Waals surface area contributed by atoms with Crippen LogP contribution in [-0.2, 0) is 0 Å². The third-order valence-corrected chi connectivity index (χ3v) is 7.87. The van der Waals surface area contributed by atoms with E-state index >= 15 is 0 Å². The number of benzene rings is 2. The first-order valence-electron chi connectivity index (χ1n) is 11.2. The molecule has 2 aromatic heterocycles. The summed E-state index contributed by atoms with van der Waals surface area (Å²) in [5, 5.41) is 4.53. The number of nitrogens with one attached hydrogen (secondary N) is 2. The monoisotopic (exact) mass is 553 g/mol. The number of H-pyrrole nitrogens is 1. The number of aromatic nitrogens is 3. The van der Waals surface area contributed by atoms with Gasteiger partial charge in [-0.1, -0.05) is 0 Å². The van der Waals surface area contributed by atoms with Crippen LogP contribution >= 0.6 is 0 Å². The van der Waals surface area contributed by atoms with E-state index < -0.39 is 0 Å². The number of imidazole rings is 1. The number of hydrogen-bond donors (Lipinski definition) is 2. The van der Waals surface area contributed by atoms with Gasteiger partial charge in [-0.15, -0.1) is 0 Å². The average molecular weight is 553 g/mol. The zero-order chi connectivity index (χ0) is 23.1. The summed E-state index contributed by atoms with van der Waals surface area (Å²) in [6.45, 7) is 12.9. The molecule has 1 aliphatic rings. The van der Waals surface area contributed by atoms with Crippen LogP contribution in [0, 0.1) is 50.5 Å². The van der Waals surface area contributed by atoms with Gasteiger partial charge >= 0.3 is 222 Å². The van der Waals surface area contributed by atoms with Crippen molar-refractivity contribution in [2.24, 2.45) is 5.92 Å². The van der Waals surface area contributed by atoms with E-state index in [1.807, 2.05) is 18.5 Å². The summed E-state index contributed by atoms with van der Waals surface area (Å²) in [7, 11) is 0. The van der Waals surface area contributed by atoms with Crippen LogP contribution in [0.25, 0.3) is 39.0 Å². The van der Waals surface area contributed by atoms with Crippen LogP contribution in [0.1, 0.15) is 45.0 Å². The van der Waals surface area contributed by atoms with Crippen LogP contribution in [0.4, 0.5) is 0 Å². The Labute approximate surface area is 220 Å².